The molecule has 1 heterocycles. The van der Waals surface area contributed by atoms with E-state index in [1.165, 1.54) is 4.88 Å². The summed E-state index contributed by atoms with van der Waals surface area (Å²) >= 11 is 5.09. The van der Waals surface area contributed by atoms with Crippen molar-refractivity contribution in [1.82, 2.24) is 0 Å². The van der Waals surface area contributed by atoms with E-state index in [0.717, 1.165) is 9.35 Å². The molecule has 0 atom stereocenters. The molecule has 2 nitrogen and oxygen atoms in total. The standard InChI is InChI=1S/C11H13BrO2S/c1-4-14-11(13)7(2)5-9-6-10(12)8(3)15-9/h5-6H,4H2,1-3H3. The molecule has 0 aromatic carbocycles. The molecule has 0 N–H and O–H groups in total. The maximum Gasteiger partial charge on any atom is 0.333 e. The van der Waals surface area contributed by atoms with Gasteiger partial charge in [0, 0.05) is 19.8 Å². The van der Waals surface area contributed by atoms with E-state index in [4.69, 9.17) is 4.74 Å². The lowest BCUT2D eigenvalue weighted by Gasteiger charge is -1.99. The summed E-state index contributed by atoms with van der Waals surface area (Å²) in [5.41, 5.74) is 0.630. The van der Waals surface area contributed by atoms with E-state index in [0.29, 0.717) is 12.2 Å². The van der Waals surface area contributed by atoms with Crippen LogP contribution in [0.25, 0.3) is 6.08 Å². The number of hydrogen-bond donors (Lipinski definition) is 0. The third-order valence-electron chi connectivity index (χ3n) is 1.83. The van der Waals surface area contributed by atoms with Crippen molar-refractivity contribution in [2.24, 2.45) is 0 Å². The second-order valence-corrected chi connectivity index (χ2v) is 5.24. The summed E-state index contributed by atoms with van der Waals surface area (Å²) in [5.74, 6) is -0.250. The first-order valence-corrected chi connectivity index (χ1v) is 6.27. The molecule has 0 radical (unpaired) electrons. The first-order chi connectivity index (χ1) is 7.04. The molecule has 0 aliphatic rings. The van der Waals surface area contributed by atoms with Crippen molar-refractivity contribution in [3.8, 4) is 0 Å². The van der Waals surface area contributed by atoms with Gasteiger partial charge in [0.2, 0.25) is 0 Å². The Morgan fingerprint density at radius 3 is 2.80 bits per heavy atom. The summed E-state index contributed by atoms with van der Waals surface area (Å²) in [7, 11) is 0. The van der Waals surface area contributed by atoms with E-state index in [9.17, 15) is 4.79 Å². The second-order valence-electron chi connectivity index (χ2n) is 3.10. The Kier molecular flexibility index (Phi) is 4.54. The zero-order chi connectivity index (χ0) is 11.4. The van der Waals surface area contributed by atoms with Crippen LogP contribution in [0.15, 0.2) is 16.1 Å². The predicted molar refractivity (Wildman–Crippen MR) is 67.0 cm³/mol. The maximum absolute atomic E-state index is 11.3. The topological polar surface area (TPSA) is 26.3 Å². The maximum atomic E-state index is 11.3. The monoisotopic (exact) mass is 288 g/mol. The number of carbonyl (C=O) groups is 1. The average Bonchev–Trinajstić information content (AvgIpc) is 2.46. The highest BCUT2D eigenvalue weighted by Crippen LogP contribution is 2.27. The van der Waals surface area contributed by atoms with Gasteiger partial charge in [-0.1, -0.05) is 0 Å². The molecular formula is C11H13BrO2S. The molecule has 0 saturated heterocycles. The third kappa shape index (κ3) is 3.47. The number of aryl methyl sites for hydroxylation is 1. The van der Waals surface area contributed by atoms with Crippen molar-refractivity contribution in [2.75, 3.05) is 6.61 Å². The van der Waals surface area contributed by atoms with Gasteiger partial charge >= 0.3 is 5.97 Å². The summed E-state index contributed by atoms with van der Waals surface area (Å²) < 4.78 is 5.98. The first-order valence-electron chi connectivity index (χ1n) is 4.66. The highest BCUT2D eigenvalue weighted by Gasteiger charge is 2.06. The van der Waals surface area contributed by atoms with Gasteiger partial charge in [-0.3, -0.25) is 0 Å². The van der Waals surface area contributed by atoms with Crippen molar-refractivity contribution in [3.05, 3.63) is 25.9 Å². The molecule has 0 spiro atoms. The van der Waals surface area contributed by atoms with Gasteiger partial charge in [-0.2, -0.15) is 0 Å². The van der Waals surface area contributed by atoms with Crippen LogP contribution < -0.4 is 0 Å². The van der Waals surface area contributed by atoms with Gasteiger partial charge in [0.05, 0.1) is 6.61 Å². The fourth-order valence-corrected chi connectivity index (χ4v) is 2.63. The molecule has 0 unspecified atom stereocenters. The van der Waals surface area contributed by atoms with Gasteiger partial charge < -0.3 is 4.74 Å². The van der Waals surface area contributed by atoms with Gasteiger partial charge in [0.15, 0.2) is 0 Å². The fourth-order valence-electron chi connectivity index (χ4n) is 1.07. The van der Waals surface area contributed by atoms with E-state index in [2.05, 4.69) is 15.9 Å². The Labute approximate surface area is 102 Å². The van der Waals surface area contributed by atoms with Gasteiger partial charge in [0.25, 0.3) is 0 Å². The summed E-state index contributed by atoms with van der Waals surface area (Å²) in [6.45, 7) is 6.01. The van der Waals surface area contributed by atoms with E-state index < -0.39 is 0 Å². The van der Waals surface area contributed by atoms with Crippen molar-refractivity contribution in [1.29, 1.82) is 0 Å². The zero-order valence-corrected chi connectivity index (χ0v) is 11.4. The van der Waals surface area contributed by atoms with E-state index in [1.54, 1.807) is 25.2 Å². The second kappa shape index (κ2) is 5.47. The van der Waals surface area contributed by atoms with E-state index >= 15 is 0 Å². The quantitative estimate of drug-likeness (QED) is 0.625. The lowest BCUT2D eigenvalue weighted by atomic mass is 10.2. The molecule has 1 aromatic heterocycles. The molecule has 0 amide bonds. The normalized spacial score (nSPS) is 11.6. The molecule has 82 valence electrons. The Morgan fingerprint density at radius 1 is 1.67 bits per heavy atom. The van der Waals surface area contributed by atoms with E-state index in [-0.39, 0.29) is 5.97 Å². The van der Waals surface area contributed by atoms with Crippen molar-refractivity contribution < 1.29 is 9.53 Å². The predicted octanol–water partition coefficient (Wildman–Crippen LogP) is 3.79. The lowest BCUT2D eigenvalue weighted by Crippen LogP contribution is -2.04. The summed E-state index contributed by atoms with van der Waals surface area (Å²) in [5, 5.41) is 0. The largest absolute Gasteiger partial charge is 0.463 e. The molecule has 0 bridgehead atoms. The minimum atomic E-state index is -0.250. The van der Waals surface area contributed by atoms with Gasteiger partial charge in [-0.15, -0.1) is 11.3 Å². The highest BCUT2D eigenvalue weighted by molar-refractivity contribution is 9.10. The number of rotatable bonds is 3. The van der Waals surface area contributed by atoms with Gasteiger partial charge in [-0.05, 0) is 48.8 Å². The number of ether oxygens (including phenoxy) is 1. The van der Waals surface area contributed by atoms with Crippen LogP contribution in [-0.4, -0.2) is 12.6 Å². The minimum Gasteiger partial charge on any atom is -0.463 e. The molecule has 4 heteroatoms. The summed E-state index contributed by atoms with van der Waals surface area (Å²) in [4.78, 5) is 13.6. The van der Waals surface area contributed by atoms with Crippen molar-refractivity contribution in [3.63, 3.8) is 0 Å². The summed E-state index contributed by atoms with van der Waals surface area (Å²) in [6, 6.07) is 2.00. The van der Waals surface area contributed by atoms with Crippen molar-refractivity contribution >= 4 is 39.3 Å². The molecule has 0 fully saturated rings. The van der Waals surface area contributed by atoms with Crippen LogP contribution in [0.5, 0.6) is 0 Å². The van der Waals surface area contributed by atoms with Gasteiger partial charge in [-0.25, -0.2) is 4.79 Å². The Bertz CT molecular complexity index is 374. The van der Waals surface area contributed by atoms with Gasteiger partial charge in [0.1, 0.15) is 0 Å². The number of esters is 1. The van der Waals surface area contributed by atoms with E-state index in [1.807, 2.05) is 19.1 Å². The van der Waals surface area contributed by atoms with Crippen LogP contribution in [0, 0.1) is 6.92 Å². The Hall–Kier alpha value is -0.610. The number of halogens is 1. The molecule has 1 aromatic rings. The molecule has 0 aliphatic heterocycles. The number of thiophene rings is 1. The van der Waals surface area contributed by atoms with Crippen LogP contribution in [0.3, 0.4) is 0 Å². The van der Waals surface area contributed by atoms with Crippen LogP contribution >= 0.6 is 27.3 Å². The van der Waals surface area contributed by atoms with Crippen LogP contribution in [-0.2, 0) is 9.53 Å². The third-order valence-corrected chi connectivity index (χ3v) is 3.92. The minimum absolute atomic E-state index is 0.250. The molecule has 0 aliphatic carbocycles. The Balaban J connectivity index is 2.82. The molecular weight excluding hydrogens is 276 g/mol. The fraction of sp³-hybridized carbons (Fsp3) is 0.364. The van der Waals surface area contributed by atoms with Crippen LogP contribution in [0.2, 0.25) is 0 Å². The molecule has 0 saturated carbocycles. The lowest BCUT2D eigenvalue weighted by molar-refractivity contribution is -0.138. The number of hydrogen-bond acceptors (Lipinski definition) is 3. The van der Waals surface area contributed by atoms with Crippen LogP contribution in [0.4, 0.5) is 0 Å². The number of carbonyl (C=O) groups excluding carboxylic acids is 1. The molecule has 1 rings (SSSR count). The zero-order valence-electron chi connectivity index (χ0n) is 8.96. The first kappa shape index (κ1) is 12.5. The molecule has 15 heavy (non-hydrogen) atoms. The van der Waals surface area contributed by atoms with Crippen molar-refractivity contribution in [2.45, 2.75) is 20.8 Å². The summed E-state index contributed by atoms with van der Waals surface area (Å²) in [6.07, 6.45) is 1.85. The average molecular weight is 289 g/mol. The highest BCUT2D eigenvalue weighted by atomic mass is 79.9. The SMILES string of the molecule is CCOC(=O)C(C)=Cc1cc(Br)c(C)s1. The smallest absolute Gasteiger partial charge is 0.333 e. The Morgan fingerprint density at radius 2 is 2.33 bits per heavy atom. The van der Waals surface area contributed by atoms with Crippen LogP contribution in [0.1, 0.15) is 23.6 Å².